The Balaban J connectivity index is 0.000000209. The maximum atomic E-state index is 11.0. The first-order valence-electron chi connectivity index (χ1n) is 8.40. The summed E-state index contributed by atoms with van der Waals surface area (Å²) in [5.41, 5.74) is 2.08. The Bertz CT molecular complexity index is 852. The van der Waals surface area contributed by atoms with E-state index in [-0.39, 0.29) is 22.3 Å². The molecule has 1 aliphatic carbocycles. The number of hydrogen-bond acceptors (Lipinski definition) is 4. The van der Waals surface area contributed by atoms with Crippen LogP contribution in [0.2, 0.25) is 0 Å². The molecule has 8 nitrogen and oxygen atoms in total. The predicted octanol–water partition coefficient (Wildman–Crippen LogP) is 3.04. The smallest absolute Gasteiger partial charge is 0.335 e. The molecule has 0 amide bonds. The molecule has 0 aliphatic heterocycles. The molecule has 28 heavy (non-hydrogen) atoms. The highest BCUT2D eigenvalue weighted by Gasteiger charge is 2.22. The van der Waals surface area contributed by atoms with E-state index in [1.165, 1.54) is 36.4 Å². The predicted molar refractivity (Wildman–Crippen MR) is 97.4 cm³/mol. The summed E-state index contributed by atoms with van der Waals surface area (Å²) in [5.74, 6) is -4.08. The van der Waals surface area contributed by atoms with Crippen molar-refractivity contribution in [2.75, 3.05) is 0 Å². The molecule has 0 saturated heterocycles. The Morgan fingerprint density at radius 1 is 0.536 bits per heavy atom. The molecule has 8 heteroatoms. The van der Waals surface area contributed by atoms with Gasteiger partial charge in [-0.05, 0) is 73.2 Å². The molecule has 0 heterocycles. The number of carboxylic acid groups (broad SMARTS) is 4. The summed E-state index contributed by atoms with van der Waals surface area (Å²) < 4.78 is 0. The molecule has 0 radical (unpaired) electrons. The topological polar surface area (TPSA) is 149 Å². The lowest BCUT2D eigenvalue weighted by Gasteiger charge is -2.19. The summed E-state index contributed by atoms with van der Waals surface area (Å²) in [6.07, 6.45) is 3.18. The minimum Gasteiger partial charge on any atom is -0.478 e. The van der Waals surface area contributed by atoms with Crippen LogP contribution in [0.3, 0.4) is 0 Å². The number of benzene rings is 2. The van der Waals surface area contributed by atoms with Gasteiger partial charge in [-0.25, -0.2) is 19.2 Å². The van der Waals surface area contributed by atoms with Crippen molar-refractivity contribution >= 4 is 23.9 Å². The summed E-state index contributed by atoms with van der Waals surface area (Å²) in [6, 6.07) is 7.82. The van der Waals surface area contributed by atoms with Gasteiger partial charge < -0.3 is 20.4 Å². The normalized spacial score (nSPS) is 12.1. The fourth-order valence-corrected chi connectivity index (χ4v) is 3.02. The second-order valence-corrected chi connectivity index (χ2v) is 6.12. The van der Waals surface area contributed by atoms with Crippen molar-refractivity contribution in [2.24, 2.45) is 0 Å². The van der Waals surface area contributed by atoms with E-state index in [1.54, 1.807) is 0 Å². The van der Waals surface area contributed by atoms with E-state index < -0.39 is 23.9 Å². The van der Waals surface area contributed by atoms with Crippen molar-refractivity contribution in [1.29, 1.82) is 0 Å². The molecule has 0 bridgehead atoms. The van der Waals surface area contributed by atoms with Gasteiger partial charge in [-0.1, -0.05) is 0 Å². The van der Waals surface area contributed by atoms with E-state index in [2.05, 4.69) is 0 Å². The number of hydrogen-bond donors (Lipinski definition) is 4. The quantitative estimate of drug-likeness (QED) is 0.626. The summed E-state index contributed by atoms with van der Waals surface area (Å²) in [5, 5.41) is 35.0. The zero-order valence-corrected chi connectivity index (χ0v) is 14.7. The molecule has 0 aromatic heterocycles. The Labute approximate surface area is 159 Å². The summed E-state index contributed by atoms with van der Waals surface area (Å²) in [7, 11) is 0. The van der Waals surface area contributed by atoms with Gasteiger partial charge in [0.15, 0.2) is 0 Å². The maximum absolute atomic E-state index is 11.0. The summed E-state index contributed by atoms with van der Waals surface area (Å²) >= 11 is 0. The van der Waals surface area contributed by atoms with Crippen LogP contribution in [-0.2, 0) is 12.8 Å². The number of fused-ring (bicyclic) bond motifs is 1. The minimum absolute atomic E-state index is 0.0833. The highest BCUT2D eigenvalue weighted by molar-refractivity contribution is 5.95. The van der Waals surface area contributed by atoms with Crippen molar-refractivity contribution in [3.8, 4) is 0 Å². The van der Waals surface area contributed by atoms with Crippen LogP contribution in [0.4, 0.5) is 0 Å². The van der Waals surface area contributed by atoms with Gasteiger partial charge in [-0.2, -0.15) is 0 Å². The molecule has 0 fully saturated rings. The minimum atomic E-state index is -1.06. The Hall–Kier alpha value is -3.68. The molecular weight excluding hydrogens is 368 g/mol. The zero-order chi connectivity index (χ0) is 20.8. The lowest BCUT2D eigenvalue weighted by atomic mass is 9.85. The lowest BCUT2D eigenvalue weighted by molar-refractivity contribution is 0.0678. The van der Waals surface area contributed by atoms with E-state index in [1.807, 2.05) is 0 Å². The first-order valence-corrected chi connectivity index (χ1v) is 8.40. The number of carboxylic acids is 4. The van der Waals surface area contributed by atoms with Gasteiger partial charge >= 0.3 is 23.9 Å². The Morgan fingerprint density at radius 2 is 0.857 bits per heavy atom. The Morgan fingerprint density at radius 3 is 1.11 bits per heavy atom. The van der Waals surface area contributed by atoms with E-state index >= 15 is 0 Å². The average Bonchev–Trinajstić information content (AvgIpc) is 2.67. The van der Waals surface area contributed by atoms with Gasteiger partial charge in [-0.15, -0.1) is 0 Å². The van der Waals surface area contributed by atoms with Gasteiger partial charge in [0.1, 0.15) is 0 Å². The maximum Gasteiger partial charge on any atom is 0.335 e. The van der Waals surface area contributed by atoms with Gasteiger partial charge in [0, 0.05) is 0 Å². The number of carbonyl (C=O) groups is 4. The van der Waals surface area contributed by atoms with Crippen LogP contribution in [-0.4, -0.2) is 44.3 Å². The monoisotopic (exact) mass is 386 g/mol. The number of aromatic carboxylic acids is 4. The fourth-order valence-electron chi connectivity index (χ4n) is 3.02. The first kappa shape index (κ1) is 20.6. The van der Waals surface area contributed by atoms with Gasteiger partial charge in [0.25, 0.3) is 0 Å². The molecule has 2 aromatic carbocycles. The highest BCUT2D eigenvalue weighted by atomic mass is 16.4. The average molecular weight is 386 g/mol. The third kappa shape index (κ3) is 4.73. The Kier molecular flexibility index (Phi) is 6.49. The van der Waals surface area contributed by atoms with Crippen molar-refractivity contribution in [3.05, 3.63) is 69.8 Å². The molecule has 146 valence electrons. The molecule has 0 saturated carbocycles. The largest absolute Gasteiger partial charge is 0.478 e. The van der Waals surface area contributed by atoms with Crippen LogP contribution >= 0.6 is 0 Å². The van der Waals surface area contributed by atoms with Crippen LogP contribution in [0.15, 0.2) is 36.4 Å². The van der Waals surface area contributed by atoms with E-state index in [0.717, 1.165) is 12.8 Å². The molecule has 0 spiro atoms. The van der Waals surface area contributed by atoms with Crippen LogP contribution in [0.5, 0.6) is 0 Å². The molecule has 3 rings (SSSR count). The van der Waals surface area contributed by atoms with Gasteiger partial charge in [0.05, 0.1) is 22.3 Å². The van der Waals surface area contributed by atoms with E-state index in [9.17, 15) is 19.2 Å². The van der Waals surface area contributed by atoms with Crippen molar-refractivity contribution in [2.45, 2.75) is 25.7 Å². The van der Waals surface area contributed by atoms with Gasteiger partial charge in [-0.3, -0.25) is 0 Å². The van der Waals surface area contributed by atoms with Crippen LogP contribution in [0, 0.1) is 0 Å². The third-order valence-electron chi connectivity index (χ3n) is 4.37. The SMILES string of the molecule is O=C(O)c1ccc(C(=O)O)c2c1CCCC2.O=C(O)c1ccc(C(=O)O)cc1. The molecule has 0 unspecified atom stereocenters. The summed E-state index contributed by atoms with van der Waals surface area (Å²) in [4.78, 5) is 42.7. The van der Waals surface area contributed by atoms with Gasteiger partial charge in [0.2, 0.25) is 0 Å². The van der Waals surface area contributed by atoms with Crippen LogP contribution in [0.1, 0.15) is 65.4 Å². The van der Waals surface area contributed by atoms with E-state index in [4.69, 9.17) is 20.4 Å². The second kappa shape index (κ2) is 8.81. The molecular formula is C20H18O8. The van der Waals surface area contributed by atoms with Crippen LogP contribution in [0.25, 0.3) is 0 Å². The molecule has 1 aliphatic rings. The second-order valence-electron chi connectivity index (χ2n) is 6.12. The number of rotatable bonds is 4. The lowest BCUT2D eigenvalue weighted by Crippen LogP contribution is -2.15. The molecule has 2 aromatic rings. The van der Waals surface area contributed by atoms with E-state index in [0.29, 0.717) is 24.0 Å². The zero-order valence-electron chi connectivity index (χ0n) is 14.7. The standard InChI is InChI=1S/C12H12O4.C8H6O4/c13-11(14)9-5-6-10(12(15)16)8-4-2-1-3-7(8)9;9-7(10)5-1-2-6(4-3-5)8(11)12/h5-6H,1-4H2,(H,13,14)(H,15,16);1-4H,(H,9,10)(H,11,12). The van der Waals surface area contributed by atoms with Crippen molar-refractivity contribution in [3.63, 3.8) is 0 Å². The van der Waals surface area contributed by atoms with Crippen molar-refractivity contribution in [1.82, 2.24) is 0 Å². The molecule has 4 N–H and O–H groups in total. The fraction of sp³-hybridized carbons (Fsp3) is 0.200. The van der Waals surface area contributed by atoms with Crippen molar-refractivity contribution < 1.29 is 39.6 Å². The molecule has 0 atom stereocenters. The highest BCUT2D eigenvalue weighted by Crippen LogP contribution is 2.27. The van der Waals surface area contributed by atoms with Crippen LogP contribution < -0.4 is 0 Å². The third-order valence-corrected chi connectivity index (χ3v) is 4.37. The first-order chi connectivity index (χ1) is 13.2. The summed E-state index contributed by atoms with van der Waals surface area (Å²) in [6.45, 7) is 0.